The Morgan fingerprint density at radius 3 is 1.81 bits per heavy atom. The van der Waals surface area contributed by atoms with Crippen LogP contribution in [0.1, 0.15) is 15.9 Å². The summed E-state index contributed by atoms with van der Waals surface area (Å²) in [6.07, 6.45) is 1.46. The minimum atomic E-state index is -3.87. The SMILES string of the molecule is O=C(N/C(=C/c1ccccc1)S(=O)(=O)c1ccccc1)c1ccccc1. The third-order valence-corrected chi connectivity index (χ3v) is 5.40. The number of carbonyl (C=O) groups is 1. The molecule has 0 saturated heterocycles. The van der Waals surface area contributed by atoms with Gasteiger partial charge in [-0.25, -0.2) is 8.42 Å². The molecule has 0 fully saturated rings. The Morgan fingerprint density at radius 1 is 0.731 bits per heavy atom. The molecular weight excluding hydrogens is 346 g/mol. The molecule has 0 aliphatic heterocycles. The van der Waals surface area contributed by atoms with Crippen molar-refractivity contribution in [2.24, 2.45) is 0 Å². The number of hydrogen-bond donors (Lipinski definition) is 1. The molecule has 0 aliphatic carbocycles. The zero-order valence-electron chi connectivity index (χ0n) is 13.9. The van der Waals surface area contributed by atoms with Crippen LogP contribution in [0.15, 0.2) is 101 Å². The highest BCUT2D eigenvalue weighted by Crippen LogP contribution is 2.20. The van der Waals surface area contributed by atoms with Gasteiger partial charge in [-0.15, -0.1) is 0 Å². The lowest BCUT2D eigenvalue weighted by atomic mass is 10.2. The molecule has 0 radical (unpaired) electrons. The van der Waals surface area contributed by atoms with E-state index in [0.717, 1.165) is 0 Å². The van der Waals surface area contributed by atoms with E-state index in [-0.39, 0.29) is 9.92 Å². The summed E-state index contributed by atoms with van der Waals surface area (Å²) in [6, 6.07) is 25.5. The third kappa shape index (κ3) is 4.07. The van der Waals surface area contributed by atoms with Crippen LogP contribution in [-0.2, 0) is 9.84 Å². The summed E-state index contributed by atoms with van der Waals surface area (Å²) in [5, 5.41) is 2.39. The molecule has 0 heterocycles. The van der Waals surface area contributed by atoms with Crippen molar-refractivity contribution < 1.29 is 13.2 Å². The number of carbonyl (C=O) groups excluding carboxylic acids is 1. The van der Waals surface area contributed by atoms with Gasteiger partial charge in [0, 0.05) is 5.56 Å². The van der Waals surface area contributed by atoms with Gasteiger partial charge in [0.15, 0.2) is 0 Å². The van der Waals surface area contributed by atoms with Crippen molar-refractivity contribution in [1.82, 2.24) is 5.32 Å². The van der Waals surface area contributed by atoms with E-state index >= 15 is 0 Å². The van der Waals surface area contributed by atoms with Crippen LogP contribution in [0.5, 0.6) is 0 Å². The number of amides is 1. The van der Waals surface area contributed by atoms with Gasteiger partial charge in [-0.3, -0.25) is 4.79 Å². The Morgan fingerprint density at radius 2 is 1.23 bits per heavy atom. The molecule has 5 heteroatoms. The van der Waals surface area contributed by atoms with Crippen LogP contribution >= 0.6 is 0 Å². The van der Waals surface area contributed by atoms with E-state index < -0.39 is 15.7 Å². The van der Waals surface area contributed by atoms with E-state index in [0.29, 0.717) is 11.1 Å². The normalized spacial score (nSPS) is 11.8. The monoisotopic (exact) mass is 363 g/mol. The topological polar surface area (TPSA) is 63.2 Å². The van der Waals surface area contributed by atoms with Crippen molar-refractivity contribution in [3.05, 3.63) is 107 Å². The van der Waals surface area contributed by atoms with Crippen LogP contribution in [0, 0.1) is 0 Å². The van der Waals surface area contributed by atoms with Gasteiger partial charge in [0.1, 0.15) is 5.03 Å². The predicted molar refractivity (Wildman–Crippen MR) is 102 cm³/mol. The van der Waals surface area contributed by atoms with Crippen LogP contribution < -0.4 is 5.32 Å². The second-order valence-corrected chi connectivity index (χ2v) is 7.47. The summed E-state index contributed by atoms with van der Waals surface area (Å²) < 4.78 is 26.0. The molecule has 0 saturated carbocycles. The number of nitrogens with one attached hydrogen (secondary N) is 1. The van der Waals surface area contributed by atoms with E-state index in [1.165, 1.54) is 18.2 Å². The second-order valence-electron chi connectivity index (χ2n) is 5.56. The van der Waals surface area contributed by atoms with Gasteiger partial charge in [0.2, 0.25) is 9.84 Å². The molecule has 0 aliphatic rings. The Kier molecular flexibility index (Phi) is 5.29. The highest BCUT2D eigenvalue weighted by Gasteiger charge is 2.23. The molecular formula is C21H17NO3S. The lowest BCUT2D eigenvalue weighted by molar-refractivity contribution is 0.0968. The standard InChI is InChI=1S/C21H17NO3S/c23-21(18-12-6-2-7-13-18)22-20(16-17-10-4-1-5-11-17)26(24,25)19-14-8-3-9-15-19/h1-16H,(H,22,23)/b20-16-. The summed E-state index contributed by atoms with van der Waals surface area (Å²) in [5.74, 6) is -0.479. The van der Waals surface area contributed by atoms with Gasteiger partial charge in [-0.05, 0) is 35.9 Å². The zero-order chi connectivity index (χ0) is 18.4. The Labute approximate surface area is 152 Å². The smallest absolute Gasteiger partial charge is 0.256 e. The molecule has 26 heavy (non-hydrogen) atoms. The fourth-order valence-corrected chi connectivity index (χ4v) is 3.67. The highest BCUT2D eigenvalue weighted by molar-refractivity contribution is 7.95. The molecule has 0 unspecified atom stereocenters. The fourth-order valence-electron chi connectivity index (χ4n) is 2.38. The first-order chi connectivity index (χ1) is 12.6. The first-order valence-electron chi connectivity index (χ1n) is 8.01. The summed E-state index contributed by atoms with van der Waals surface area (Å²) in [6.45, 7) is 0. The maximum atomic E-state index is 13.0. The number of rotatable bonds is 5. The fraction of sp³-hybridized carbons (Fsp3) is 0. The first kappa shape index (κ1) is 17.6. The van der Waals surface area contributed by atoms with Crippen molar-refractivity contribution in [2.45, 2.75) is 4.90 Å². The molecule has 130 valence electrons. The molecule has 3 aromatic rings. The molecule has 0 atom stereocenters. The second kappa shape index (κ2) is 7.80. The average molecular weight is 363 g/mol. The third-order valence-electron chi connectivity index (χ3n) is 3.71. The van der Waals surface area contributed by atoms with Crippen molar-refractivity contribution in [1.29, 1.82) is 0 Å². The van der Waals surface area contributed by atoms with Crippen LogP contribution in [-0.4, -0.2) is 14.3 Å². The molecule has 4 nitrogen and oxygen atoms in total. The molecule has 3 aromatic carbocycles. The molecule has 3 rings (SSSR count). The summed E-state index contributed by atoms with van der Waals surface area (Å²) in [5.41, 5.74) is 1.06. The molecule has 1 amide bonds. The van der Waals surface area contributed by atoms with Crippen LogP contribution in [0.3, 0.4) is 0 Å². The summed E-state index contributed by atoms with van der Waals surface area (Å²) in [7, 11) is -3.87. The minimum Gasteiger partial charge on any atom is -0.312 e. The number of sulfone groups is 1. The summed E-state index contributed by atoms with van der Waals surface area (Å²) in [4.78, 5) is 12.6. The van der Waals surface area contributed by atoms with Gasteiger partial charge in [0.25, 0.3) is 5.91 Å². The van der Waals surface area contributed by atoms with E-state index in [9.17, 15) is 13.2 Å². The largest absolute Gasteiger partial charge is 0.312 e. The van der Waals surface area contributed by atoms with E-state index in [4.69, 9.17) is 0 Å². The number of hydrogen-bond acceptors (Lipinski definition) is 3. The van der Waals surface area contributed by atoms with Crippen molar-refractivity contribution >= 4 is 21.8 Å². The van der Waals surface area contributed by atoms with Gasteiger partial charge in [-0.1, -0.05) is 66.7 Å². The van der Waals surface area contributed by atoms with Crippen LogP contribution in [0.2, 0.25) is 0 Å². The Hall–Kier alpha value is -3.18. The molecule has 1 N–H and O–H groups in total. The molecule has 0 bridgehead atoms. The zero-order valence-corrected chi connectivity index (χ0v) is 14.7. The van der Waals surface area contributed by atoms with Crippen LogP contribution in [0.4, 0.5) is 0 Å². The molecule has 0 aromatic heterocycles. The lowest BCUT2D eigenvalue weighted by Crippen LogP contribution is -2.27. The molecule has 0 spiro atoms. The van der Waals surface area contributed by atoms with Crippen molar-refractivity contribution in [3.63, 3.8) is 0 Å². The van der Waals surface area contributed by atoms with Gasteiger partial charge >= 0.3 is 0 Å². The maximum absolute atomic E-state index is 13.0. The Balaban J connectivity index is 2.03. The van der Waals surface area contributed by atoms with E-state index in [2.05, 4.69) is 5.32 Å². The maximum Gasteiger partial charge on any atom is 0.256 e. The van der Waals surface area contributed by atoms with Crippen molar-refractivity contribution in [2.75, 3.05) is 0 Å². The quantitative estimate of drug-likeness (QED) is 0.748. The van der Waals surface area contributed by atoms with E-state index in [1.54, 1.807) is 72.8 Å². The van der Waals surface area contributed by atoms with Gasteiger partial charge in [0.05, 0.1) is 4.90 Å². The van der Waals surface area contributed by atoms with Crippen LogP contribution in [0.25, 0.3) is 6.08 Å². The Bertz CT molecular complexity index is 1010. The lowest BCUT2D eigenvalue weighted by Gasteiger charge is -2.12. The van der Waals surface area contributed by atoms with Gasteiger partial charge in [-0.2, -0.15) is 0 Å². The first-order valence-corrected chi connectivity index (χ1v) is 9.49. The average Bonchev–Trinajstić information content (AvgIpc) is 2.69. The highest BCUT2D eigenvalue weighted by atomic mass is 32.2. The summed E-state index contributed by atoms with van der Waals surface area (Å²) >= 11 is 0. The minimum absolute atomic E-state index is 0.121. The predicted octanol–water partition coefficient (Wildman–Crippen LogP) is 3.89. The van der Waals surface area contributed by atoms with E-state index in [1.807, 2.05) is 6.07 Å². The van der Waals surface area contributed by atoms with Crippen molar-refractivity contribution in [3.8, 4) is 0 Å². The van der Waals surface area contributed by atoms with Gasteiger partial charge < -0.3 is 5.32 Å². The number of benzene rings is 3.